The van der Waals surface area contributed by atoms with Crippen molar-refractivity contribution in [3.8, 4) is 17.0 Å². The predicted molar refractivity (Wildman–Crippen MR) is 149 cm³/mol. The zero-order valence-electron chi connectivity index (χ0n) is 22.4. The number of ketones is 1. The van der Waals surface area contributed by atoms with E-state index in [1.807, 2.05) is 18.2 Å². The van der Waals surface area contributed by atoms with Gasteiger partial charge in [0.15, 0.2) is 5.78 Å². The van der Waals surface area contributed by atoms with Gasteiger partial charge in [0.1, 0.15) is 12.4 Å². The van der Waals surface area contributed by atoms with E-state index in [2.05, 4.69) is 34.1 Å². The second-order valence-electron chi connectivity index (χ2n) is 11.2. The van der Waals surface area contributed by atoms with Gasteiger partial charge in [0.2, 0.25) is 0 Å². The monoisotopic (exact) mass is 514 g/mol. The third kappa shape index (κ3) is 4.43. The molecule has 2 saturated carbocycles. The molecule has 6 nitrogen and oxygen atoms in total. The number of nitrogens with zero attached hydrogens (tertiary/aromatic N) is 1. The fourth-order valence-corrected chi connectivity index (χ4v) is 6.79. The van der Waals surface area contributed by atoms with Crippen LogP contribution in [0, 0.1) is 0 Å². The molecule has 0 radical (unpaired) electrons. The first-order chi connectivity index (χ1) is 18.6. The SMILES string of the molecule is COCCCC(=O)C1(NC(=O)c2ccc3c(C4CCCCC4)c4n(c3c2)CCOc2ccccc2-4)CCC1. The number of carbonyl (C=O) groups is 2. The van der Waals surface area contributed by atoms with E-state index in [9.17, 15) is 9.59 Å². The molecule has 0 saturated heterocycles. The third-order valence-corrected chi connectivity index (χ3v) is 8.94. The number of amides is 1. The summed E-state index contributed by atoms with van der Waals surface area (Å²) < 4.78 is 13.7. The topological polar surface area (TPSA) is 69.6 Å². The number of ether oxygens (including phenoxy) is 2. The Labute approximate surface area is 224 Å². The van der Waals surface area contributed by atoms with Crippen LogP contribution in [-0.4, -0.2) is 42.1 Å². The molecule has 2 fully saturated rings. The van der Waals surface area contributed by atoms with Crippen molar-refractivity contribution < 1.29 is 19.1 Å². The first-order valence-electron chi connectivity index (χ1n) is 14.3. The summed E-state index contributed by atoms with van der Waals surface area (Å²) in [4.78, 5) is 26.6. The summed E-state index contributed by atoms with van der Waals surface area (Å²) in [6.45, 7) is 1.88. The second kappa shape index (κ2) is 10.6. The predicted octanol–water partition coefficient (Wildman–Crippen LogP) is 6.40. The van der Waals surface area contributed by atoms with E-state index in [1.165, 1.54) is 48.7 Å². The number of rotatable bonds is 8. The molecule has 1 aromatic heterocycles. The lowest BCUT2D eigenvalue weighted by Gasteiger charge is -2.41. The Morgan fingerprint density at radius 3 is 2.66 bits per heavy atom. The van der Waals surface area contributed by atoms with E-state index in [0.717, 1.165) is 29.8 Å². The van der Waals surface area contributed by atoms with E-state index < -0.39 is 5.54 Å². The molecule has 2 heterocycles. The molecule has 0 atom stereocenters. The molecule has 3 aromatic rings. The number of benzene rings is 2. The molecular weight excluding hydrogens is 476 g/mol. The van der Waals surface area contributed by atoms with Gasteiger partial charge < -0.3 is 19.4 Å². The Balaban J connectivity index is 1.39. The molecule has 38 heavy (non-hydrogen) atoms. The van der Waals surface area contributed by atoms with Crippen molar-refractivity contribution in [1.29, 1.82) is 0 Å². The fraction of sp³-hybridized carbons (Fsp3) is 0.500. The number of Topliss-reactive ketones (excluding diaryl/α,β-unsaturated/α-hetero) is 1. The highest BCUT2D eigenvalue weighted by Gasteiger charge is 2.44. The number of aromatic nitrogens is 1. The maximum atomic E-state index is 13.6. The van der Waals surface area contributed by atoms with Crippen molar-refractivity contribution in [3.63, 3.8) is 0 Å². The van der Waals surface area contributed by atoms with Gasteiger partial charge in [0.05, 0.1) is 17.8 Å². The first-order valence-corrected chi connectivity index (χ1v) is 14.3. The summed E-state index contributed by atoms with van der Waals surface area (Å²) in [5, 5.41) is 4.40. The molecule has 1 aliphatic heterocycles. The fourth-order valence-electron chi connectivity index (χ4n) is 6.79. The van der Waals surface area contributed by atoms with E-state index in [1.54, 1.807) is 7.11 Å². The van der Waals surface area contributed by atoms with Gasteiger partial charge in [-0.15, -0.1) is 0 Å². The molecule has 0 spiro atoms. The number of nitrogens with one attached hydrogen (secondary N) is 1. The average molecular weight is 515 g/mol. The van der Waals surface area contributed by atoms with Gasteiger partial charge in [0.25, 0.3) is 5.91 Å². The summed E-state index contributed by atoms with van der Waals surface area (Å²) in [6.07, 6.45) is 9.74. The summed E-state index contributed by atoms with van der Waals surface area (Å²) in [5.74, 6) is 1.41. The van der Waals surface area contributed by atoms with Gasteiger partial charge in [-0.3, -0.25) is 9.59 Å². The number of hydrogen-bond donors (Lipinski definition) is 1. The van der Waals surface area contributed by atoms with E-state index >= 15 is 0 Å². The lowest BCUT2D eigenvalue weighted by atomic mass is 9.72. The van der Waals surface area contributed by atoms with Crippen LogP contribution >= 0.6 is 0 Å². The highest BCUT2D eigenvalue weighted by atomic mass is 16.5. The van der Waals surface area contributed by atoms with Crippen LogP contribution in [0.5, 0.6) is 5.75 Å². The van der Waals surface area contributed by atoms with Crippen molar-refractivity contribution in [2.75, 3.05) is 20.3 Å². The van der Waals surface area contributed by atoms with Crippen LogP contribution in [0.3, 0.4) is 0 Å². The van der Waals surface area contributed by atoms with Gasteiger partial charge in [-0.05, 0) is 74.3 Å². The number of fused-ring (bicyclic) bond motifs is 5. The van der Waals surface area contributed by atoms with Gasteiger partial charge in [-0.1, -0.05) is 37.5 Å². The van der Waals surface area contributed by atoms with Crippen molar-refractivity contribution in [1.82, 2.24) is 9.88 Å². The second-order valence-corrected chi connectivity index (χ2v) is 11.2. The molecule has 6 heteroatoms. The highest BCUT2D eigenvalue weighted by molar-refractivity contribution is 6.04. The van der Waals surface area contributed by atoms with Gasteiger partial charge in [-0.25, -0.2) is 0 Å². The molecular formula is C32H38N2O4. The summed E-state index contributed by atoms with van der Waals surface area (Å²) in [7, 11) is 1.65. The number of carbonyl (C=O) groups excluding carboxylic acids is 2. The Morgan fingerprint density at radius 2 is 1.89 bits per heavy atom. The molecule has 1 amide bonds. The minimum absolute atomic E-state index is 0.125. The Kier molecular flexibility index (Phi) is 7.00. The van der Waals surface area contributed by atoms with Crippen molar-refractivity contribution in [3.05, 3.63) is 53.6 Å². The first kappa shape index (κ1) is 25.2. The number of para-hydroxylation sites is 1. The minimum Gasteiger partial charge on any atom is -0.491 e. The summed E-state index contributed by atoms with van der Waals surface area (Å²) in [5.41, 5.74) is 4.78. The van der Waals surface area contributed by atoms with Crippen LogP contribution in [0.15, 0.2) is 42.5 Å². The quantitative estimate of drug-likeness (QED) is 0.353. The smallest absolute Gasteiger partial charge is 0.252 e. The van der Waals surface area contributed by atoms with Gasteiger partial charge >= 0.3 is 0 Å². The average Bonchev–Trinajstić information content (AvgIpc) is 3.12. The maximum Gasteiger partial charge on any atom is 0.252 e. The zero-order chi connectivity index (χ0) is 26.1. The zero-order valence-corrected chi connectivity index (χ0v) is 22.4. The normalized spacial score (nSPS) is 18.6. The molecule has 1 N–H and O–H groups in total. The number of methoxy groups -OCH3 is 1. The standard InChI is InChI=1S/C32H38N2O4/c1-37-19-7-13-28(35)32(16-8-17-32)33-31(36)23-14-15-24-26(21-23)34-18-20-38-27-12-6-5-11-25(27)30(34)29(24)22-9-3-2-4-10-22/h5-6,11-12,14-15,21-22H,2-4,7-10,13,16-20H2,1H3,(H,33,36). The van der Waals surface area contributed by atoms with Gasteiger partial charge in [-0.2, -0.15) is 0 Å². The lowest BCUT2D eigenvalue weighted by molar-refractivity contribution is -0.128. The van der Waals surface area contributed by atoms with Crippen LogP contribution in [0.25, 0.3) is 22.2 Å². The van der Waals surface area contributed by atoms with Crippen molar-refractivity contribution >= 4 is 22.6 Å². The Hall–Kier alpha value is -3.12. The largest absolute Gasteiger partial charge is 0.491 e. The molecule has 200 valence electrons. The Bertz CT molecular complexity index is 1350. The van der Waals surface area contributed by atoms with E-state index in [0.29, 0.717) is 50.4 Å². The van der Waals surface area contributed by atoms with Crippen LogP contribution in [-0.2, 0) is 16.1 Å². The lowest BCUT2D eigenvalue weighted by Crippen LogP contribution is -2.59. The highest BCUT2D eigenvalue weighted by Crippen LogP contribution is 2.47. The molecule has 6 rings (SSSR count). The van der Waals surface area contributed by atoms with Crippen LogP contribution in [0.4, 0.5) is 0 Å². The van der Waals surface area contributed by atoms with Crippen LogP contribution in [0.1, 0.15) is 86.0 Å². The maximum absolute atomic E-state index is 13.6. The third-order valence-electron chi connectivity index (χ3n) is 8.94. The van der Waals surface area contributed by atoms with E-state index in [4.69, 9.17) is 9.47 Å². The van der Waals surface area contributed by atoms with Crippen molar-refractivity contribution in [2.45, 2.75) is 82.2 Å². The molecule has 0 unspecified atom stereocenters. The van der Waals surface area contributed by atoms with Crippen LogP contribution < -0.4 is 10.1 Å². The van der Waals surface area contributed by atoms with Gasteiger partial charge in [0, 0.05) is 42.2 Å². The summed E-state index contributed by atoms with van der Waals surface area (Å²) in [6, 6.07) is 14.5. The molecule has 2 aromatic carbocycles. The van der Waals surface area contributed by atoms with E-state index in [-0.39, 0.29) is 11.7 Å². The molecule has 0 bridgehead atoms. The number of hydrogen-bond acceptors (Lipinski definition) is 4. The molecule has 2 aliphatic carbocycles. The van der Waals surface area contributed by atoms with Crippen LogP contribution in [0.2, 0.25) is 0 Å². The summed E-state index contributed by atoms with van der Waals surface area (Å²) >= 11 is 0. The Morgan fingerprint density at radius 1 is 1.08 bits per heavy atom. The minimum atomic E-state index is -0.726. The van der Waals surface area contributed by atoms with Crippen molar-refractivity contribution in [2.24, 2.45) is 0 Å². The molecule has 3 aliphatic rings.